The molecule has 1 spiro atoms. The number of benzene rings is 1. The lowest BCUT2D eigenvalue weighted by Gasteiger charge is -2.48. The molecular weight excluding hydrogens is 295 g/mol. The zero-order valence-corrected chi connectivity index (χ0v) is 12.7. The van der Waals surface area contributed by atoms with Crippen LogP contribution in [0.5, 0.6) is 5.75 Å². The molecule has 0 atom stereocenters. The average Bonchev–Trinajstić information content (AvgIpc) is 2.45. The molecule has 2 aliphatic heterocycles. The predicted octanol–water partition coefficient (Wildman–Crippen LogP) is 1.35. The summed E-state index contributed by atoms with van der Waals surface area (Å²) < 4.78 is 45.1. The first kappa shape index (κ1) is 14.7. The van der Waals surface area contributed by atoms with Crippen LogP contribution in [0.4, 0.5) is 4.39 Å². The van der Waals surface area contributed by atoms with Gasteiger partial charge in [0.15, 0.2) is 11.6 Å². The Kier molecular flexibility index (Phi) is 3.67. The molecule has 2 saturated heterocycles. The van der Waals surface area contributed by atoms with Crippen molar-refractivity contribution in [3.05, 3.63) is 24.0 Å². The molecule has 1 aromatic rings. The molecule has 1 N–H and O–H groups in total. The van der Waals surface area contributed by atoms with E-state index in [2.05, 4.69) is 5.32 Å². The second-order valence-corrected chi connectivity index (χ2v) is 7.60. The maximum atomic E-state index is 13.7. The maximum absolute atomic E-state index is 13.7. The summed E-state index contributed by atoms with van der Waals surface area (Å²) in [5.41, 5.74) is 0.136. The van der Waals surface area contributed by atoms with E-state index in [1.165, 1.54) is 23.5 Å². The summed E-state index contributed by atoms with van der Waals surface area (Å²) >= 11 is 0. The van der Waals surface area contributed by atoms with E-state index >= 15 is 0 Å². The molecule has 0 unspecified atom stereocenters. The lowest BCUT2D eigenvalue weighted by atomic mass is 9.80. The molecule has 0 bridgehead atoms. The predicted molar refractivity (Wildman–Crippen MR) is 76.3 cm³/mol. The van der Waals surface area contributed by atoms with Gasteiger partial charge in [-0.15, -0.1) is 0 Å². The third-order valence-corrected chi connectivity index (χ3v) is 6.44. The quantitative estimate of drug-likeness (QED) is 0.915. The molecule has 116 valence electrons. The van der Waals surface area contributed by atoms with E-state index in [1.807, 2.05) is 0 Å². The third-order valence-electron chi connectivity index (χ3n) is 4.54. The summed E-state index contributed by atoms with van der Waals surface area (Å²) in [4.78, 5) is -0.0154. The maximum Gasteiger partial charge on any atom is 0.243 e. The van der Waals surface area contributed by atoms with E-state index in [4.69, 9.17) is 4.74 Å². The van der Waals surface area contributed by atoms with Crippen LogP contribution in [0.3, 0.4) is 0 Å². The molecule has 21 heavy (non-hydrogen) atoms. The van der Waals surface area contributed by atoms with Gasteiger partial charge in [-0.25, -0.2) is 12.8 Å². The van der Waals surface area contributed by atoms with Crippen LogP contribution in [0.15, 0.2) is 23.1 Å². The van der Waals surface area contributed by atoms with Crippen molar-refractivity contribution >= 4 is 10.0 Å². The Labute approximate surface area is 124 Å². The van der Waals surface area contributed by atoms with Crippen molar-refractivity contribution in [3.8, 4) is 5.75 Å². The first-order valence-electron chi connectivity index (χ1n) is 7.06. The van der Waals surface area contributed by atoms with E-state index < -0.39 is 15.8 Å². The number of nitrogens with zero attached hydrogens (tertiary/aromatic N) is 1. The monoisotopic (exact) mass is 314 g/mol. The molecule has 3 rings (SSSR count). The fraction of sp³-hybridized carbons (Fsp3) is 0.571. The third kappa shape index (κ3) is 2.54. The number of halogens is 1. The van der Waals surface area contributed by atoms with Crippen LogP contribution in [-0.2, 0) is 10.0 Å². The highest BCUT2D eigenvalue weighted by Crippen LogP contribution is 2.33. The van der Waals surface area contributed by atoms with Crippen LogP contribution >= 0.6 is 0 Å². The van der Waals surface area contributed by atoms with Gasteiger partial charge in [-0.2, -0.15) is 4.31 Å². The summed E-state index contributed by atoms with van der Waals surface area (Å²) in [6.45, 7) is 1.96. The topological polar surface area (TPSA) is 58.6 Å². The smallest absolute Gasteiger partial charge is 0.243 e. The number of nitrogens with one attached hydrogen (secondary N) is 1. The summed E-state index contributed by atoms with van der Waals surface area (Å²) in [5.74, 6) is -0.613. The minimum absolute atomic E-state index is 0.0154. The van der Waals surface area contributed by atoms with Gasteiger partial charge in [0.2, 0.25) is 10.0 Å². The van der Waals surface area contributed by atoms with Gasteiger partial charge in [0.1, 0.15) is 0 Å². The number of sulfonamides is 1. The molecular formula is C14H19FN2O3S. The fourth-order valence-corrected chi connectivity index (χ4v) is 4.47. The first-order valence-corrected chi connectivity index (χ1v) is 8.50. The molecule has 2 fully saturated rings. The highest BCUT2D eigenvalue weighted by Gasteiger charge is 2.42. The van der Waals surface area contributed by atoms with E-state index in [-0.39, 0.29) is 16.2 Å². The standard InChI is InChI=1S/C14H19FN2O3S/c1-20-13-3-2-11(10-12(13)15)21(18,19)17-8-5-14(6-9-17)4-7-16-14/h2-3,10,16H,4-9H2,1H3. The second kappa shape index (κ2) is 5.23. The normalized spacial score (nSPS) is 22.0. The molecule has 5 nitrogen and oxygen atoms in total. The van der Waals surface area contributed by atoms with Crippen molar-refractivity contribution in [3.63, 3.8) is 0 Å². The second-order valence-electron chi connectivity index (χ2n) is 5.66. The molecule has 0 aromatic heterocycles. The van der Waals surface area contributed by atoms with Crippen molar-refractivity contribution in [2.45, 2.75) is 29.7 Å². The number of hydrogen-bond acceptors (Lipinski definition) is 4. The van der Waals surface area contributed by atoms with Gasteiger partial charge in [0, 0.05) is 18.6 Å². The average molecular weight is 314 g/mol. The number of ether oxygens (including phenoxy) is 1. The van der Waals surface area contributed by atoms with Gasteiger partial charge in [-0.3, -0.25) is 0 Å². The summed E-state index contributed by atoms with van der Waals surface area (Å²) in [6.07, 6.45) is 2.73. The number of piperidine rings is 1. The lowest BCUT2D eigenvalue weighted by molar-refractivity contribution is 0.121. The highest BCUT2D eigenvalue weighted by molar-refractivity contribution is 7.89. The van der Waals surface area contributed by atoms with Crippen LogP contribution in [-0.4, -0.2) is 45.0 Å². The lowest BCUT2D eigenvalue weighted by Crippen LogP contribution is -2.62. The Hall–Kier alpha value is -1.18. The van der Waals surface area contributed by atoms with Crippen molar-refractivity contribution < 1.29 is 17.5 Å². The van der Waals surface area contributed by atoms with E-state index in [9.17, 15) is 12.8 Å². The molecule has 0 radical (unpaired) electrons. The Morgan fingerprint density at radius 2 is 1.95 bits per heavy atom. The Balaban J connectivity index is 1.79. The fourth-order valence-electron chi connectivity index (χ4n) is 3.02. The van der Waals surface area contributed by atoms with Crippen molar-refractivity contribution in [2.75, 3.05) is 26.7 Å². The Bertz CT molecular complexity index is 634. The van der Waals surface area contributed by atoms with Gasteiger partial charge in [-0.1, -0.05) is 0 Å². The molecule has 1 aromatic carbocycles. The Morgan fingerprint density at radius 3 is 2.43 bits per heavy atom. The zero-order valence-electron chi connectivity index (χ0n) is 11.9. The highest BCUT2D eigenvalue weighted by atomic mass is 32.2. The summed E-state index contributed by atoms with van der Waals surface area (Å²) in [7, 11) is -2.28. The van der Waals surface area contributed by atoms with Crippen LogP contribution in [0.25, 0.3) is 0 Å². The van der Waals surface area contributed by atoms with E-state index in [0.717, 1.165) is 31.9 Å². The first-order chi connectivity index (χ1) is 9.97. The largest absolute Gasteiger partial charge is 0.494 e. The van der Waals surface area contributed by atoms with Crippen molar-refractivity contribution in [1.82, 2.24) is 9.62 Å². The van der Waals surface area contributed by atoms with Crippen LogP contribution in [0.2, 0.25) is 0 Å². The minimum atomic E-state index is -3.63. The van der Waals surface area contributed by atoms with Gasteiger partial charge >= 0.3 is 0 Å². The molecule has 7 heteroatoms. The number of methoxy groups -OCH3 is 1. The summed E-state index contributed by atoms with van der Waals surface area (Å²) in [6, 6.07) is 3.77. The molecule has 0 saturated carbocycles. The van der Waals surface area contributed by atoms with Gasteiger partial charge in [0.05, 0.1) is 12.0 Å². The molecule has 2 aliphatic rings. The zero-order chi connectivity index (χ0) is 15.1. The van der Waals surface area contributed by atoms with Crippen LogP contribution in [0.1, 0.15) is 19.3 Å². The summed E-state index contributed by atoms with van der Waals surface area (Å²) in [5, 5.41) is 3.40. The number of rotatable bonds is 3. The van der Waals surface area contributed by atoms with Crippen molar-refractivity contribution in [2.24, 2.45) is 0 Å². The Morgan fingerprint density at radius 1 is 1.29 bits per heavy atom. The van der Waals surface area contributed by atoms with Crippen LogP contribution < -0.4 is 10.1 Å². The number of hydrogen-bond donors (Lipinski definition) is 1. The minimum Gasteiger partial charge on any atom is -0.494 e. The van der Waals surface area contributed by atoms with Gasteiger partial charge in [0.25, 0.3) is 0 Å². The van der Waals surface area contributed by atoms with Crippen LogP contribution in [0, 0.1) is 5.82 Å². The molecule has 0 aliphatic carbocycles. The van der Waals surface area contributed by atoms with E-state index in [0.29, 0.717) is 13.1 Å². The molecule has 0 amide bonds. The van der Waals surface area contributed by atoms with Crippen molar-refractivity contribution in [1.29, 1.82) is 0 Å². The van der Waals surface area contributed by atoms with Gasteiger partial charge < -0.3 is 10.1 Å². The molecule has 2 heterocycles. The SMILES string of the molecule is COc1ccc(S(=O)(=O)N2CCC3(CCN3)CC2)cc1F. The van der Waals surface area contributed by atoms with E-state index in [1.54, 1.807) is 0 Å². The van der Waals surface area contributed by atoms with Gasteiger partial charge in [-0.05, 0) is 44.0 Å².